The van der Waals surface area contributed by atoms with Gasteiger partial charge in [0.25, 0.3) is 6.71 Å². The number of hydrogen-bond donors (Lipinski definition) is 0. The lowest BCUT2D eigenvalue weighted by molar-refractivity contribution is 0.332. The molecule has 0 N–H and O–H groups in total. The van der Waals surface area contributed by atoms with Gasteiger partial charge in [0.15, 0.2) is 0 Å². The van der Waals surface area contributed by atoms with Crippen molar-refractivity contribution in [2.45, 2.75) is 161 Å². The molecule has 0 saturated carbocycles. The summed E-state index contributed by atoms with van der Waals surface area (Å²) in [6.45, 7) is 32.3. The minimum atomic E-state index is 0.0713. The van der Waals surface area contributed by atoms with E-state index in [-0.39, 0.29) is 39.2 Å². The SMILES string of the molecule is Cc1cc2c3c(c1)N(c1ccc4sc5ccccc5c4c1)c1cc4c(cc1B3c1cc3c(cc1N2c1ccc2c(c1)C(C)(C)CCC2(C)C)C(C)(C)CCC3(C)C)C(C)(C)CCC4(C)C. The fraction of sp³-hybridized carbons (Fsp3) is 0.410. The molecule has 3 aliphatic carbocycles. The van der Waals surface area contributed by atoms with Crippen LogP contribution in [0.1, 0.15) is 161 Å². The van der Waals surface area contributed by atoms with E-state index in [2.05, 4.69) is 197 Å². The maximum absolute atomic E-state index is 2.72. The number of hydrogen-bond acceptors (Lipinski definition) is 3. The molecule has 12 rings (SSSR count). The molecule has 0 unspecified atom stereocenters. The van der Waals surface area contributed by atoms with Crippen LogP contribution in [0, 0.1) is 6.92 Å². The van der Waals surface area contributed by atoms with E-state index in [9.17, 15) is 0 Å². The number of benzene rings is 6. The standard InChI is InChI=1S/C61H67BN2S/c1-36-28-51-55-52(29-36)64(38-18-20-41-42(31-38)57(4,5)23-22-56(41,2)3)50-35-46-44(59(8,9)25-27-61(46,12)13)33-48(50)62(55)47-32-43-45(60(10,11)26-24-58(43,6)7)34-49(47)63(51)37-19-21-54-40(30-37)39-16-14-15-17-53(39)65-54/h14-21,28-35H,22-27H2,1-13H3. The Hall–Kier alpha value is -4.80. The number of thiophene rings is 1. The predicted molar refractivity (Wildman–Crippen MR) is 284 cm³/mol. The summed E-state index contributed by atoms with van der Waals surface area (Å²) in [4.78, 5) is 5.41. The second-order valence-electron chi connectivity index (χ2n) is 25.0. The molecule has 1 aromatic heterocycles. The molecule has 0 amide bonds. The van der Waals surface area contributed by atoms with Crippen LogP contribution < -0.4 is 26.2 Å². The third kappa shape index (κ3) is 5.90. The zero-order chi connectivity index (χ0) is 45.5. The highest BCUT2D eigenvalue weighted by Crippen LogP contribution is 2.54. The van der Waals surface area contributed by atoms with Crippen molar-refractivity contribution >= 4 is 88.7 Å². The van der Waals surface area contributed by atoms with Crippen LogP contribution in [-0.2, 0) is 32.5 Å². The minimum Gasteiger partial charge on any atom is -0.311 e. The molecular formula is C61H67BN2S. The maximum Gasteiger partial charge on any atom is 0.252 e. The Kier molecular flexibility index (Phi) is 8.46. The van der Waals surface area contributed by atoms with Gasteiger partial charge in [-0.2, -0.15) is 0 Å². The van der Waals surface area contributed by atoms with E-state index < -0.39 is 0 Å². The largest absolute Gasteiger partial charge is 0.311 e. The number of anilines is 6. The number of rotatable bonds is 2. The first-order valence-corrected chi connectivity index (χ1v) is 25.6. The fourth-order valence-corrected chi connectivity index (χ4v) is 14.5. The fourth-order valence-electron chi connectivity index (χ4n) is 13.4. The Bertz CT molecular complexity index is 3210. The van der Waals surface area contributed by atoms with Crippen LogP contribution in [0.25, 0.3) is 20.2 Å². The molecule has 65 heavy (non-hydrogen) atoms. The van der Waals surface area contributed by atoms with E-state index in [1.165, 1.54) is 148 Å². The van der Waals surface area contributed by atoms with E-state index in [1.54, 1.807) is 0 Å². The van der Waals surface area contributed by atoms with Gasteiger partial charge in [-0.25, -0.2) is 0 Å². The van der Waals surface area contributed by atoms with Crippen molar-refractivity contribution in [3.63, 3.8) is 0 Å². The predicted octanol–water partition coefficient (Wildman–Crippen LogP) is 15.5. The highest BCUT2D eigenvalue weighted by Gasteiger charge is 2.49. The highest BCUT2D eigenvalue weighted by molar-refractivity contribution is 7.25. The number of fused-ring (bicyclic) bond motifs is 10. The van der Waals surface area contributed by atoms with Crippen LogP contribution in [0.15, 0.2) is 97.1 Å². The first-order valence-electron chi connectivity index (χ1n) is 24.8. The van der Waals surface area contributed by atoms with E-state index in [0.29, 0.717) is 0 Å². The smallest absolute Gasteiger partial charge is 0.252 e. The van der Waals surface area contributed by atoms with Crippen molar-refractivity contribution in [1.82, 2.24) is 0 Å². The molecule has 0 radical (unpaired) electrons. The van der Waals surface area contributed by atoms with Gasteiger partial charge < -0.3 is 9.80 Å². The Morgan fingerprint density at radius 2 is 0.815 bits per heavy atom. The van der Waals surface area contributed by atoms with Gasteiger partial charge in [-0.15, -0.1) is 11.3 Å². The topological polar surface area (TPSA) is 6.48 Å². The minimum absolute atomic E-state index is 0.0713. The number of nitrogens with zero attached hydrogens (tertiary/aromatic N) is 2. The summed E-state index contributed by atoms with van der Waals surface area (Å²) < 4.78 is 2.70. The van der Waals surface area contributed by atoms with E-state index in [4.69, 9.17) is 0 Å². The number of aryl methyl sites for hydroxylation is 1. The Morgan fingerprint density at radius 3 is 1.34 bits per heavy atom. The van der Waals surface area contributed by atoms with Crippen LogP contribution in [-0.4, -0.2) is 6.71 Å². The first kappa shape index (κ1) is 41.6. The van der Waals surface area contributed by atoms with E-state index in [1.807, 2.05) is 11.3 Å². The summed E-state index contributed by atoms with van der Waals surface area (Å²) in [5.41, 5.74) is 23.2. The van der Waals surface area contributed by atoms with Gasteiger partial charge in [-0.1, -0.05) is 119 Å². The van der Waals surface area contributed by atoms with Crippen LogP contribution in [0.4, 0.5) is 34.1 Å². The van der Waals surface area contributed by atoms with Crippen molar-refractivity contribution in [3.8, 4) is 0 Å². The molecule has 2 nitrogen and oxygen atoms in total. The van der Waals surface area contributed by atoms with Gasteiger partial charge in [0.05, 0.1) is 0 Å². The molecule has 7 aromatic rings. The molecule has 0 bridgehead atoms. The molecular weight excluding hydrogens is 804 g/mol. The van der Waals surface area contributed by atoms with E-state index in [0.717, 1.165) is 0 Å². The quantitative estimate of drug-likeness (QED) is 0.160. The van der Waals surface area contributed by atoms with Gasteiger partial charge in [-0.05, 0) is 194 Å². The highest BCUT2D eigenvalue weighted by atomic mass is 32.1. The third-order valence-corrected chi connectivity index (χ3v) is 19.0. The van der Waals surface area contributed by atoms with Crippen molar-refractivity contribution < 1.29 is 0 Å². The van der Waals surface area contributed by atoms with Gasteiger partial charge in [0, 0.05) is 54.3 Å². The lowest BCUT2D eigenvalue weighted by atomic mass is 9.32. The molecule has 4 heteroatoms. The lowest BCUT2D eigenvalue weighted by Crippen LogP contribution is -2.62. The van der Waals surface area contributed by atoms with Crippen LogP contribution in [0.2, 0.25) is 0 Å². The Morgan fingerprint density at radius 1 is 0.400 bits per heavy atom. The molecule has 3 heterocycles. The molecule has 5 aliphatic rings. The molecule has 330 valence electrons. The van der Waals surface area contributed by atoms with Gasteiger partial charge in [-0.3, -0.25) is 0 Å². The summed E-state index contributed by atoms with van der Waals surface area (Å²) in [6, 6.07) is 39.7. The van der Waals surface area contributed by atoms with Crippen LogP contribution in [0.5, 0.6) is 0 Å². The second-order valence-corrected chi connectivity index (χ2v) is 26.1. The van der Waals surface area contributed by atoms with Gasteiger partial charge in [0.1, 0.15) is 0 Å². The first-order chi connectivity index (χ1) is 30.6. The maximum atomic E-state index is 2.72. The van der Waals surface area contributed by atoms with Gasteiger partial charge >= 0.3 is 0 Å². The van der Waals surface area contributed by atoms with Gasteiger partial charge in [0.2, 0.25) is 0 Å². The summed E-state index contributed by atoms with van der Waals surface area (Å²) in [5, 5.41) is 2.69. The summed E-state index contributed by atoms with van der Waals surface area (Å²) in [5.74, 6) is 0. The second kappa shape index (κ2) is 13.2. The normalized spacial score (nSPS) is 21.0. The molecule has 0 fully saturated rings. The average Bonchev–Trinajstić information content (AvgIpc) is 3.63. The zero-order valence-electron chi connectivity index (χ0n) is 41.4. The zero-order valence-corrected chi connectivity index (χ0v) is 42.2. The molecule has 6 aromatic carbocycles. The van der Waals surface area contributed by atoms with Crippen LogP contribution >= 0.6 is 11.3 Å². The average molecular weight is 871 g/mol. The third-order valence-electron chi connectivity index (χ3n) is 17.9. The lowest BCUT2D eigenvalue weighted by Gasteiger charge is -2.49. The summed E-state index contributed by atoms with van der Waals surface area (Å²) in [7, 11) is 0. The van der Waals surface area contributed by atoms with E-state index >= 15 is 0 Å². The molecule has 0 atom stereocenters. The monoisotopic (exact) mass is 871 g/mol. The molecule has 0 saturated heterocycles. The van der Waals surface area contributed by atoms with Crippen molar-refractivity contribution in [2.24, 2.45) is 0 Å². The Labute approximate surface area is 393 Å². The molecule has 2 aliphatic heterocycles. The summed E-state index contributed by atoms with van der Waals surface area (Å²) >= 11 is 1.91. The Balaban J connectivity index is 1.21. The molecule has 0 spiro atoms. The van der Waals surface area contributed by atoms with Crippen molar-refractivity contribution in [1.29, 1.82) is 0 Å². The van der Waals surface area contributed by atoms with Crippen molar-refractivity contribution in [3.05, 3.63) is 136 Å². The summed E-state index contributed by atoms with van der Waals surface area (Å²) in [6.07, 6.45) is 7.16. The van der Waals surface area contributed by atoms with Crippen LogP contribution in [0.3, 0.4) is 0 Å². The van der Waals surface area contributed by atoms with Crippen molar-refractivity contribution in [2.75, 3.05) is 9.80 Å².